The topological polar surface area (TPSA) is 73.0 Å². The van der Waals surface area contributed by atoms with Crippen molar-refractivity contribution in [3.05, 3.63) is 60.3 Å². The highest BCUT2D eigenvalue weighted by Gasteiger charge is 2.25. The van der Waals surface area contributed by atoms with Crippen LogP contribution >= 0.6 is 0 Å². The standard InChI is InChI=1S/C29H36N6O2/c1-20(2)37-27-19-24(34-16-14-33(4)15-17-34)8-9-25(27)32-28-18-23(10-12-30-28)31-26-7-5-6-22-11-13-35(21(3)36)29(22)26/h5-10,12,18-20H,11,13-17H2,1-4H3,(H2,30,31,32). The van der Waals surface area contributed by atoms with Crippen LogP contribution in [0.15, 0.2) is 54.7 Å². The second-order valence-corrected chi connectivity index (χ2v) is 10.1. The molecule has 1 amide bonds. The fraction of sp³-hybridized carbons (Fsp3) is 0.379. The molecule has 2 N–H and O–H groups in total. The number of nitrogens with zero attached hydrogens (tertiary/aromatic N) is 4. The average Bonchev–Trinajstić information content (AvgIpc) is 3.31. The van der Waals surface area contributed by atoms with Gasteiger partial charge in [0.1, 0.15) is 11.6 Å². The third kappa shape index (κ3) is 5.64. The molecule has 0 unspecified atom stereocenters. The smallest absolute Gasteiger partial charge is 0.223 e. The Kier molecular flexibility index (Phi) is 7.19. The Bertz CT molecular complexity index is 1270. The Balaban J connectivity index is 1.37. The van der Waals surface area contributed by atoms with Crippen LogP contribution in [-0.2, 0) is 11.2 Å². The highest BCUT2D eigenvalue weighted by molar-refractivity contribution is 5.98. The minimum atomic E-state index is 0.0497. The SMILES string of the molecule is CC(=O)N1CCc2cccc(Nc3ccnc(Nc4ccc(N5CCN(C)CC5)cc4OC(C)C)c3)c21. The molecular formula is C29H36N6O2. The minimum Gasteiger partial charge on any atom is -0.489 e. The first-order valence-electron chi connectivity index (χ1n) is 13.0. The molecule has 0 radical (unpaired) electrons. The molecular weight excluding hydrogens is 464 g/mol. The van der Waals surface area contributed by atoms with Gasteiger partial charge >= 0.3 is 0 Å². The number of anilines is 6. The molecule has 5 rings (SSSR count). The molecule has 0 aliphatic carbocycles. The molecule has 1 saturated heterocycles. The van der Waals surface area contributed by atoms with E-state index in [2.05, 4.69) is 56.7 Å². The number of rotatable bonds is 7. The number of fused-ring (bicyclic) bond motifs is 1. The first-order chi connectivity index (χ1) is 17.9. The van der Waals surface area contributed by atoms with E-state index in [1.165, 1.54) is 11.3 Å². The number of carbonyl (C=O) groups excluding carboxylic acids is 1. The van der Waals surface area contributed by atoms with E-state index in [4.69, 9.17) is 4.74 Å². The maximum Gasteiger partial charge on any atom is 0.223 e. The van der Waals surface area contributed by atoms with Gasteiger partial charge < -0.3 is 30.1 Å². The molecule has 2 aliphatic heterocycles. The summed E-state index contributed by atoms with van der Waals surface area (Å²) in [7, 11) is 2.16. The lowest BCUT2D eigenvalue weighted by Crippen LogP contribution is -2.44. The summed E-state index contributed by atoms with van der Waals surface area (Å²) in [4.78, 5) is 23.3. The van der Waals surface area contributed by atoms with Gasteiger partial charge in [-0.25, -0.2) is 4.98 Å². The van der Waals surface area contributed by atoms with E-state index in [9.17, 15) is 4.79 Å². The van der Waals surface area contributed by atoms with Gasteiger partial charge in [-0.05, 0) is 57.1 Å². The number of hydrogen-bond acceptors (Lipinski definition) is 7. The normalized spacial score (nSPS) is 15.6. The van der Waals surface area contributed by atoms with Gasteiger partial charge in [-0.2, -0.15) is 0 Å². The number of benzene rings is 2. The Hall–Kier alpha value is -3.78. The minimum absolute atomic E-state index is 0.0497. The van der Waals surface area contributed by atoms with Crippen molar-refractivity contribution in [2.75, 3.05) is 60.2 Å². The lowest BCUT2D eigenvalue weighted by molar-refractivity contribution is -0.116. The summed E-state index contributed by atoms with van der Waals surface area (Å²) in [5.41, 5.74) is 6.01. The van der Waals surface area contributed by atoms with Gasteiger partial charge in [0.2, 0.25) is 5.91 Å². The van der Waals surface area contributed by atoms with Crippen molar-refractivity contribution in [1.82, 2.24) is 9.88 Å². The largest absolute Gasteiger partial charge is 0.489 e. The van der Waals surface area contributed by atoms with Gasteiger partial charge in [-0.15, -0.1) is 0 Å². The molecule has 1 fully saturated rings. The zero-order valence-electron chi connectivity index (χ0n) is 22.1. The summed E-state index contributed by atoms with van der Waals surface area (Å²) in [6.07, 6.45) is 2.70. The van der Waals surface area contributed by atoms with Crippen molar-refractivity contribution >= 4 is 40.2 Å². The van der Waals surface area contributed by atoms with Crippen molar-refractivity contribution in [2.45, 2.75) is 33.3 Å². The van der Waals surface area contributed by atoms with Crippen LogP contribution in [0, 0.1) is 0 Å². The van der Waals surface area contributed by atoms with E-state index in [1.807, 2.05) is 43.0 Å². The average molecular weight is 501 g/mol. The number of nitrogens with one attached hydrogen (secondary N) is 2. The molecule has 3 heterocycles. The van der Waals surface area contributed by atoms with E-state index in [0.717, 1.165) is 67.6 Å². The molecule has 2 aliphatic rings. The molecule has 37 heavy (non-hydrogen) atoms. The van der Waals surface area contributed by atoms with Crippen LogP contribution in [0.3, 0.4) is 0 Å². The second-order valence-electron chi connectivity index (χ2n) is 10.1. The first-order valence-corrected chi connectivity index (χ1v) is 13.0. The summed E-state index contributed by atoms with van der Waals surface area (Å²) >= 11 is 0. The molecule has 0 saturated carbocycles. The molecule has 0 spiro atoms. The van der Waals surface area contributed by atoms with E-state index < -0.39 is 0 Å². The van der Waals surface area contributed by atoms with E-state index >= 15 is 0 Å². The van der Waals surface area contributed by atoms with Gasteiger partial charge in [0.25, 0.3) is 0 Å². The number of aromatic nitrogens is 1. The monoisotopic (exact) mass is 500 g/mol. The zero-order chi connectivity index (χ0) is 25.9. The van der Waals surface area contributed by atoms with Gasteiger partial charge in [0, 0.05) is 69.4 Å². The van der Waals surface area contributed by atoms with Crippen LogP contribution in [0.2, 0.25) is 0 Å². The van der Waals surface area contributed by atoms with E-state index in [1.54, 1.807) is 13.1 Å². The van der Waals surface area contributed by atoms with Crippen LogP contribution in [0.4, 0.5) is 34.3 Å². The maximum atomic E-state index is 12.2. The van der Waals surface area contributed by atoms with Crippen molar-refractivity contribution in [3.63, 3.8) is 0 Å². The Labute approximate surface area is 219 Å². The molecule has 2 aromatic carbocycles. The number of hydrogen-bond donors (Lipinski definition) is 2. The number of ether oxygens (including phenoxy) is 1. The van der Waals surface area contributed by atoms with Crippen LogP contribution in [0.1, 0.15) is 26.3 Å². The van der Waals surface area contributed by atoms with Gasteiger partial charge in [-0.3, -0.25) is 4.79 Å². The molecule has 0 atom stereocenters. The predicted octanol–water partition coefficient (Wildman–Crippen LogP) is 5.02. The molecule has 0 bridgehead atoms. The molecule has 8 nitrogen and oxygen atoms in total. The number of amides is 1. The van der Waals surface area contributed by atoms with Crippen LogP contribution in [0.25, 0.3) is 0 Å². The number of likely N-dealkylation sites (N-methyl/N-ethyl adjacent to an activating group) is 1. The van der Waals surface area contributed by atoms with Crippen molar-refractivity contribution in [1.29, 1.82) is 0 Å². The molecule has 8 heteroatoms. The molecule has 1 aromatic heterocycles. The number of para-hydroxylation sites is 1. The van der Waals surface area contributed by atoms with Gasteiger partial charge in [0.15, 0.2) is 0 Å². The quantitative estimate of drug-likeness (QED) is 0.472. The number of piperazine rings is 1. The Morgan fingerprint density at radius 1 is 0.973 bits per heavy atom. The fourth-order valence-electron chi connectivity index (χ4n) is 4.97. The third-order valence-corrected chi connectivity index (χ3v) is 6.87. The summed E-state index contributed by atoms with van der Waals surface area (Å²) in [6.45, 7) is 10.5. The van der Waals surface area contributed by atoms with Crippen molar-refractivity contribution < 1.29 is 9.53 Å². The highest BCUT2D eigenvalue weighted by atomic mass is 16.5. The summed E-state index contributed by atoms with van der Waals surface area (Å²) in [6, 6.07) is 16.4. The summed E-state index contributed by atoms with van der Waals surface area (Å²) in [5.74, 6) is 1.58. The lowest BCUT2D eigenvalue weighted by Gasteiger charge is -2.34. The zero-order valence-corrected chi connectivity index (χ0v) is 22.1. The number of carbonyl (C=O) groups is 1. The summed E-state index contributed by atoms with van der Waals surface area (Å²) in [5, 5.41) is 6.96. The van der Waals surface area contributed by atoms with E-state index in [0.29, 0.717) is 5.82 Å². The molecule has 3 aromatic rings. The number of pyridine rings is 1. The Morgan fingerprint density at radius 3 is 2.54 bits per heavy atom. The highest BCUT2D eigenvalue weighted by Crippen LogP contribution is 2.38. The second kappa shape index (κ2) is 10.7. The third-order valence-electron chi connectivity index (χ3n) is 6.87. The first kappa shape index (κ1) is 24.9. The van der Waals surface area contributed by atoms with Gasteiger partial charge in [-0.1, -0.05) is 12.1 Å². The van der Waals surface area contributed by atoms with E-state index in [-0.39, 0.29) is 12.0 Å². The lowest BCUT2D eigenvalue weighted by atomic mass is 10.1. The maximum absolute atomic E-state index is 12.2. The van der Waals surface area contributed by atoms with Crippen LogP contribution in [-0.4, -0.2) is 61.7 Å². The van der Waals surface area contributed by atoms with Crippen LogP contribution in [0.5, 0.6) is 5.75 Å². The van der Waals surface area contributed by atoms with Crippen LogP contribution < -0.4 is 25.2 Å². The van der Waals surface area contributed by atoms with Crippen molar-refractivity contribution in [2.24, 2.45) is 0 Å². The summed E-state index contributed by atoms with van der Waals surface area (Å²) < 4.78 is 6.20. The fourth-order valence-corrected chi connectivity index (χ4v) is 4.97. The molecule has 194 valence electrons. The van der Waals surface area contributed by atoms with Gasteiger partial charge in [0.05, 0.1) is 23.2 Å². The Morgan fingerprint density at radius 2 is 1.78 bits per heavy atom. The van der Waals surface area contributed by atoms with Crippen molar-refractivity contribution in [3.8, 4) is 5.75 Å². The predicted molar refractivity (Wildman–Crippen MR) is 151 cm³/mol.